The van der Waals surface area contributed by atoms with Gasteiger partial charge in [0.2, 0.25) is 5.88 Å². The Morgan fingerprint density at radius 1 is 1.33 bits per heavy atom. The van der Waals surface area contributed by atoms with Crippen LogP contribution in [0.3, 0.4) is 0 Å². The summed E-state index contributed by atoms with van der Waals surface area (Å²) in [5, 5.41) is 3.26. The third-order valence-electron chi connectivity index (χ3n) is 3.28. The fraction of sp³-hybridized carbons (Fsp3) is 0.692. The highest BCUT2D eigenvalue weighted by Crippen LogP contribution is 2.21. The Balaban J connectivity index is 1.75. The first-order valence-corrected chi connectivity index (χ1v) is 6.52. The van der Waals surface area contributed by atoms with Crippen molar-refractivity contribution in [2.24, 2.45) is 0 Å². The van der Waals surface area contributed by atoms with Crippen molar-refractivity contribution in [3.8, 4) is 5.88 Å². The van der Waals surface area contributed by atoms with Crippen molar-refractivity contribution in [1.29, 1.82) is 0 Å². The van der Waals surface area contributed by atoms with Gasteiger partial charge in [-0.2, -0.15) is 0 Å². The molecule has 1 saturated carbocycles. The van der Waals surface area contributed by atoms with Crippen LogP contribution < -0.4 is 10.1 Å². The van der Waals surface area contributed by atoms with Crippen LogP contribution in [0.5, 0.6) is 5.88 Å². The maximum absolute atomic E-state index is 5.78. The molecule has 1 fully saturated rings. The molecule has 5 heteroatoms. The lowest BCUT2D eigenvalue weighted by molar-refractivity contribution is 0.0658. The first-order valence-electron chi connectivity index (χ1n) is 6.52. The second kappa shape index (κ2) is 6.54. The maximum Gasteiger partial charge on any atom is 0.221 e. The van der Waals surface area contributed by atoms with Gasteiger partial charge in [-0.15, -0.1) is 0 Å². The van der Waals surface area contributed by atoms with Crippen LogP contribution >= 0.6 is 0 Å². The third-order valence-corrected chi connectivity index (χ3v) is 3.28. The van der Waals surface area contributed by atoms with Gasteiger partial charge in [-0.05, 0) is 19.8 Å². The molecule has 0 spiro atoms. The number of methoxy groups -OCH3 is 1. The van der Waals surface area contributed by atoms with Gasteiger partial charge in [0.1, 0.15) is 12.1 Å². The van der Waals surface area contributed by atoms with E-state index in [1.807, 2.05) is 6.92 Å². The molecule has 1 aliphatic carbocycles. The van der Waals surface area contributed by atoms with Gasteiger partial charge in [-0.25, -0.2) is 9.97 Å². The summed E-state index contributed by atoms with van der Waals surface area (Å²) < 4.78 is 10.9. The van der Waals surface area contributed by atoms with Crippen LogP contribution in [-0.2, 0) is 4.74 Å². The van der Waals surface area contributed by atoms with E-state index in [4.69, 9.17) is 9.47 Å². The Bertz CT molecular complexity index is 378. The molecule has 0 amide bonds. The van der Waals surface area contributed by atoms with Gasteiger partial charge in [0, 0.05) is 6.54 Å². The number of hydrogen-bond acceptors (Lipinski definition) is 5. The lowest BCUT2D eigenvalue weighted by Crippen LogP contribution is -2.16. The first kappa shape index (κ1) is 13.1. The van der Waals surface area contributed by atoms with E-state index in [1.54, 1.807) is 7.11 Å². The van der Waals surface area contributed by atoms with E-state index in [-0.39, 0.29) is 0 Å². The summed E-state index contributed by atoms with van der Waals surface area (Å²) in [5.41, 5.74) is 0.931. The molecule has 18 heavy (non-hydrogen) atoms. The Labute approximate surface area is 108 Å². The fourth-order valence-electron chi connectivity index (χ4n) is 2.27. The second-order valence-electron chi connectivity index (χ2n) is 4.56. The molecule has 100 valence electrons. The van der Waals surface area contributed by atoms with Crippen molar-refractivity contribution < 1.29 is 9.47 Å². The van der Waals surface area contributed by atoms with Crippen molar-refractivity contribution in [3.63, 3.8) is 0 Å². The van der Waals surface area contributed by atoms with Gasteiger partial charge in [0.15, 0.2) is 0 Å². The minimum absolute atomic E-state index is 0.466. The quantitative estimate of drug-likeness (QED) is 0.785. The smallest absolute Gasteiger partial charge is 0.221 e. The molecular weight excluding hydrogens is 230 g/mol. The van der Waals surface area contributed by atoms with Crippen molar-refractivity contribution >= 4 is 5.82 Å². The minimum Gasteiger partial charge on any atom is -0.481 e. The molecule has 2 rings (SSSR count). The first-order chi connectivity index (χ1) is 8.81. The van der Waals surface area contributed by atoms with Crippen LogP contribution in [0.15, 0.2) is 6.33 Å². The standard InChI is InChI=1S/C13H21N3O2/c1-10-12(15-9-16-13(10)17-2)14-7-8-18-11-5-3-4-6-11/h9,11H,3-8H2,1-2H3,(H,14,15,16). The van der Waals surface area contributed by atoms with Crippen LogP contribution in [0.25, 0.3) is 0 Å². The summed E-state index contributed by atoms with van der Waals surface area (Å²) in [6.45, 7) is 3.42. The largest absolute Gasteiger partial charge is 0.481 e. The Kier molecular flexibility index (Phi) is 4.75. The zero-order chi connectivity index (χ0) is 12.8. The summed E-state index contributed by atoms with van der Waals surface area (Å²) in [5.74, 6) is 1.43. The van der Waals surface area contributed by atoms with E-state index < -0.39 is 0 Å². The zero-order valence-corrected chi connectivity index (χ0v) is 11.1. The van der Waals surface area contributed by atoms with Crippen LogP contribution in [0.1, 0.15) is 31.2 Å². The van der Waals surface area contributed by atoms with E-state index in [0.29, 0.717) is 12.0 Å². The molecule has 1 aliphatic rings. The average Bonchev–Trinajstić information content (AvgIpc) is 2.89. The third kappa shape index (κ3) is 3.32. The van der Waals surface area contributed by atoms with Gasteiger partial charge in [-0.1, -0.05) is 12.8 Å². The molecule has 0 aliphatic heterocycles. The monoisotopic (exact) mass is 251 g/mol. The minimum atomic E-state index is 0.466. The summed E-state index contributed by atoms with van der Waals surface area (Å²) >= 11 is 0. The molecule has 0 saturated heterocycles. The summed E-state index contributed by atoms with van der Waals surface area (Å²) in [6, 6.07) is 0. The fourth-order valence-corrected chi connectivity index (χ4v) is 2.27. The van der Waals surface area contributed by atoms with Crippen LogP contribution in [0.2, 0.25) is 0 Å². The van der Waals surface area contributed by atoms with Gasteiger partial charge >= 0.3 is 0 Å². The SMILES string of the molecule is COc1ncnc(NCCOC2CCCC2)c1C. The number of nitrogens with zero attached hydrogens (tertiary/aromatic N) is 2. The van der Waals surface area contributed by atoms with Crippen LogP contribution in [0, 0.1) is 6.92 Å². The van der Waals surface area contributed by atoms with E-state index in [1.165, 1.54) is 32.0 Å². The number of hydrogen-bond donors (Lipinski definition) is 1. The molecule has 0 bridgehead atoms. The molecule has 5 nitrogen and oxygen atoms in total. The Morgan fingerprint density at radius 2 is 2.11 bits per heavy atom. The highest BCUT2D eigenvalue weighted by Gasteiger charge is 2.14. The van der Waals surface area contributed by atoms with E-state index >= 15 is 0 Å². The molecule has 0 atom stereocenters. The topological polar surface area (TPSA) is 56.3 Å². The van der Waals surface area contributed by atoms with Crippen LogP contribution in [-0.4, -0.2) is 36.3 Å². The molecule has 0 unspecified atom stereocenters. The Morgan fingerprint density at radius 3 is 2.83 bits per heavy atom. The van der Waals surface area contributed by atoms with Gasteiger partial charge in [0.25, 0.3) is 0 Å². The number of ether oxygens (including phenoxy) is 2. The van der Waals surface area contributed by atoms with Crippen molar-refractivity contribution in [2.45, 2.75) is 38.7 Å². The number of aromatic nitrogens is 2. The van der Waals surface area contributed by atoms with Crippen LogP contribution in [0.4, 0.5) is 5.82 Å². The molecule has 1 aromatic rings. The maximum atomic E-state index is 5.78. The lowest BCUT2D eigenvalue weighted by Gasteiger charge is -2.13. The van der Waals surface area contributed by atoms with Crippen molar-refractivity contribution in [1.82, 2.24) is 9.97 Å². The van der Waals surface area contributed by atoms with E-state index in [2.05, 4.69) is 15.3 Å². The summed E-state index contributed by atoms with van der Waals surface area (Å²) in [6.07, 6.45) is 7.00. The van der Waals surface area contributed by atoms with E-state index in [9.17, 15) is 0 Å². The predicted octanol–water partition coefficient (Wildman–Crippen LogP) is 2.16. The normalized spacial score (nSPS) is 15.9. The molecule has 1 heterocycles. The molecule has 1 N–H and O–H groups in total. The highest BCUT2D eigenvalue weighted by atomic mass is 16.5. The van der Waals surface area contributed by atoms with Gasteiger partial charge < -0.3 is 14.8 Å². The average molecular weight is 251 g/mol. The molecule has 0 radical (unpaired) electrons. The molecule has 1 aromatic heterocycles. The predicted molar refractivity (Wildman–Crippen MR) is 70.0 cm³/mol. The Hall–Kier alpha value is -1.36. The molecule has 0 aromatic carbocycles. The lowest BCUT2D eigenvalue weighted by atomic mass is 10.3. The van der Waals surface area contributed by atoms with Gasteiger partial charge in [0.05, 0.1) is 25.4 Å². The molecular formula is C13H21N3O2. The summed E-state index contributed by atoms with van der Waals surface area (Å²) in [4.78, 5) is 8.24. The summed E-state index contributed by atoms with van der Waals surface area (Å²) in [7, 11) is 1.61. The zero-order valence-electron chi connectivity index (χ0n) is 11.1. The number of nitrogens with one attached hydrogen (secondary N) is 1. The highest BCUT2D eigenvalue weighted by molar-refractivity contribution is 5.47. The number of anilines is 1. The number of rotatable bonds is 6. The van der Waals surface area contributed by atoms with Gasteiger partial charge in [-0.3, -0.25) is 0 Å². The van der Waals surface area contributed by atoms with Crippen molar-refractivity contribution in [3.05, 3.63) is 11.9 Å². The van der Waals surface area contributed by atoms with E-state index in [0.717, 1.165) is 24.5 Å². The van der Waals surface area contributed by atoms with Crippen molar-refractivity contribution in [2.75, 3.05) is 25.6 Å². The second-order valence-corrected chi connectivity index (χ2v) is 4.56.